The molecule has 0 spiro atoms. The molecule has 2 heterocycles. The van der Waals surface area contributed by atoms with Crippen LogP contribution in [0.3, 0.4) is 0 Å². The normalized spacial score (nSPS) is 16.0. The molecule has 0 radical (unpaired) electrons. The van der Waals surface area contributed by atoms with Gasteiger partial charge in [-0.1, -0.05) is 43.3 Å². The Labute approximate surface area is 157 Å². The number of aryl methyl sites for hydroxylation is 1. The molecule has 1 atom stereocenters. The maximum atomic E-state index is 12.9. The average molecular weight is 363 g/mol. The number of phenolic OH excluding ortho intramolecular Hbond substituents is 1. The number of aliphatic hydroxyl groups is 1. The predicted molar refractivity (Wildman–Crippen MR) is 101 cm³/mol. The number of carbonyl (C=O) groups excluding carboxylic acids is 1. The number of aromatic amines is 1. The van der Waals surface area contributed by atoms with E-state index < -0.39 is 0 Å². The number of β-amino-alcohol motifs (C(OH)–C–C–N with tert-alkyl or cyclic N) is 1. The third kappa shape index (κ3) is 2.78. The molecule has 138 valence electrons. The van der Waals surface area contributed by atoms with Crippen LogP contribution in [-0.4, -0.2) is 44.4 Å². The molecule has 3 N–H and O–H groups in total. The summed E-state index contributed by atoms with van der Waals surface area (Å²) in [5, 5.41) is 26.9. The van der Waals surface area contributed by atoms with Crippen molar-refractivity contribution in [1.29, 1.82) is 0 Å². The average Bonchev–Trinajstić information content (AvgIpc) is 3.23. The van der Waals surface area contributed by atoms with Gasteiger partial charge in [0.15, 0.2) is 0 Å². The van der Waals surface area contributed by atoms with Crippen LogP contribution >= 0.6 is 0 Å². The van der Waals surface area contributed by atoms with Gasteiger partial charge in [0.1, 0.15) is 17.1 Å². The molecule has 0 unspecified atom stereocenters. The molecular weight excluding hydrogens is 342 g/mol. The number of aromatic hydroxyl groups is 1. The van der Waals surface area contributed by atoms with Gasteiger partial charge in [-0.3, -0.25) is 9.89 Å². The Bertz CT molecular complexity index is 979. The molecule has 1 aliphatic heterocycles. The number of aliphatic hydroxyl groups excluding tert-OH is 1. The van der Waals surface area contributed by atoms with Crippen LogP contribution in [0.4, 0.5) is 0 Å². The van der Waals surface area contributed by atoms with Gasteiger partial charge in [-0.2, -0.15) is 5.10 Å². The van der Waals surface area contributed by atoms with E-state index in [-0.39, 0.29) is 30.9 Å². The molecule has 0 saturated heterocycles. The number of nitrogens with one attached hydrogen (secondary N) is 1. The van der Waals surface area contributed by atoms with E-state index in [1.54, 1.807) is 23.1 Å². The molecule has 1 aliphatic rings. The lowest BCUT2D eigenvalue weighted by atomic mass is 9.95. The highest BCUT2D eigenvalue weighted by molar-refractivity contribution is 6.00. The largest absolute Gasteiger partial charge is 0.507 e. The Kier molecular flexibility index (Phi) is 4.41. The fraction of sp³-hybridized carbons (Fsp3) is 0.238. The smallest absolute Gasteiger partial charge is 0.273 e. The van der Waals surface area contributed by atoms with E-state index in [2.05, 4.69) is 29.3 Å². The van der Waals surface area contributed by atoms with Crippen LogP contribution in [0.5, 0.6) is 5.75 Å². The first-order chi connectivity index (χ1) is 13.2. The van der Waals surface area contributed by atoms with Gasteiger partial charge in [0.25, 0.3) is 5.91 Å². The lowest BCUT2D eigenvalue weighted by Crippen LogP contribution is -2.32. The van der Waals surface area contributed by atoms with Gasteiger partial charge in [0.2, 0.25) is 0 Å². The van der Waals surface area contributed by atoms with E-state index >= 15 is 0 Å². The van der Waals surface area contributed by atoms with Crippen LogP contribution in [0.2, 0.25) is 0 Å². The first-order valence-corrected chi connectivity index (χ1v) is 9.03. The number of hydrogen-bond donors (Lipinski definition) is 3. The minimum Gasteiger partial charge on any atom is -0.507 e. The summed E-state index contributed by atoms with van der Waals surface area (Å²) in [5.41, 5.74) is 4.44. The molecule has 27 heavy (non-hydrogen) atoms. The molecule has 6 nitrogen and oxygen atoms in total. The van der Waals surface area contributed by atoms with Gasteiger partial charge in [-0.25, -0.2) is 0 Å². The van der Waals surface area contributed by atoms with Crippen molar-refractivity contribution in [3.63, 3.8) is 0 Å². The first kappa shape index (κ1) is 17.3. The number of para-hydroxylation sites is 1. The molecule has 0 bridgehead atoms. The Balaban J connectivity index is 1.88. The molecule has 1 aromatic heterocycles. The molecule has 6 heteroatoms. The Morgan fingerprint density at radius 1 is 1.15 bits per heavy atom. The summed E-state index contributed by atoms with van der Waals surface area (Å²) in [6.45, 7) is 2.19. The van der Waals surface area contributed by atoms with Crippen LogP contribution in [0.1, 0.15) is 40.1 Å². The van der Waals surface area contributed by atoms with Crippen molar-refractivity contribution >= 4 is 5.91 Å². The van der Waals surface area contributed by atoms with Crippen molar-refractivity contribution in [3.8, 4) is 17.0 Å². The minimum absolute atomic E-state index is 0.111. The van der Waals surface area contributed by atoms with Gasteiger partial charge in [0, 0.05) is 17.7 Å². The lowest BCUT2D eigenvalue weighted by molar-refractivity contribution is 0.0706. The summed E-state index contributed by atoms with van der Waals surface area (Å²) in [5.74, 6) is -0.0854. The Morgan fingerprint density at radius 3 is 2.56 bits per heavy atom. The number of carbonyl (C=O) groups is 1. The van der Waals surface area contributed by atoms with Crippen LogP contribution in [0.15, 0.2) is 48.5 Å². The zero-order valence-electron chi connectivity index (χ0n) is 15.0. The lowest BCUT2D eigenvalue weighted by Gasteiger charge is -2.25. The third-order valence-electron chi connectivity index (χ3n) is 5.07. The summed E-state index contributed by atoms with van der Waals surface area (Å²) in [7, 11) is 0. The highest BCUT2D eigenvalue weighted by atomic mass is 16.3. The highest BCUT2D eigenvalue weighted by Gasteiger charge is 2.42. The molecule has 0 saturated carbocycles. The molecule has 1 amide bonds. The van der Waals surface area contributed by atoms with Crippen LogP contribution in [0.25, 0.3) is 11.3 Å². The number of benzene rings is 2. The molecular formula is C21H21N3O3. The highest BCUT2D eigenvalue weighted by Crippen LogP contribution is 2.44. The molecule has 0 aliphatic carbocycles. The number of H-pyrrole nitrogens is 1. The monoisotopic (exact) mass is 363 g/mol. The fourth-order valence-electron chi connectivity index (χ4n) is 3.70. The Morgan fingerprint density at radius 2 is 1.89 bits per heavy atom. The summed E-state index contributed by atoms with van der Waals surface area (Å²) in [6, 6.07) is 14.7. The summed E-state index contributed by atoms with van der Waals surface area (Å²) in [6.07, 6.45) is 0.935. The zero-order chi connectivity index (χ0) is 19.0. The first-order valence-electron chi connectivity index (χ1n) is 9.03. The zero-order valence-corrected chi connectivity index (χ0v) is 15.0. The Hall–Kier alpha value is -3.12. The van der Waals surface area contributed by atoms with E-state index in [1.807, 2.05) is 18.2 Å². The second kappa shape index (κ2) is 6.89. The quantitative estimate of drug-likeness (QED) is 0.650. The number of fused-ring (bicyclic) bond motifs is 1. The second-order valence-electron chi connectivity index (χ2n) is 6.60. The topological polar surface area (TPSA) is 89.5 Å². The maximum absolute atomic E-state index is 12.9. The maximum Gasteiger partial charge on any atom is 0.273 e. The van der Waals surface area contributed by atoms with Crippen molar-refractivity contribution in [2.75, 3.05) is 13.2 Å². The number of hydrogen-bond acceptors (Lipinski definition) is 4. The predicted octanol–water partition coefficient (Wildman–Crippen LogP) is 2.88. The molecule has 4 rings (SSSR count). The molecule has 2 aromatic carbocycles. The number of nitrogens with zero attached hydrogens (tertiary/aromatic N) is 2. The number of phenols is 1. The second-order valence-corrected chi connectivity index (χ2v) is 6.60. The number of rotatable bonds is 5. The van der Waals surface area contributed by atoms with Crippen molar-refractivity contribution in [2.45, 2.75) is 19.4 Å². The summed E-state index contributed by atoms with van der Waals surface area (Å²) in [4.78, 5) is 14.6. The van der Waals surface area contributed by atoms with E-state index in [0.29, 0.717) is 17.0 Å². The summed E-state index contributed by atoms with van der Waals surface area (Å²) < 4.78 is 0. The summed E-state index contributed by atoms with van der Waals surface area (Å²) >= 11 is 0. The van der Waals surface area contributed by atoms with E-state index in [0.717, 1.165) is 17.5 Å². The van der Waals surface area contributed by atoms with E-state index in [4.69, 9.17) is 0 Å². The van der Waals surface area contributed by atoms with E-state index in [1.165, 1.54) is 5.56 Å². The van der Waals surface area contributed by atoms with Gasteiger partial charge >= 0.3 is 0 Å². The number of amides is 1. The molecule has 3 aromatic rings. The van der Waals surface area contributed by atoms with Crippen LogP contribution < -0.4 is 0 Å². The minimum atomic E-state index is -0.362. The van der Waals surface area contributed by atoms with Gasteiger partial charge in [-0.05, 0) is 29.7 Å². The third-order valence-corrected chi connectivity index (χ3v) is 5.07. The van der Waals surface area contributed by atoms with Gasteiger partial charge in [0.05, 0.1) is 12.6 Å². The van der Waals surface area contributed by atoms with Crippen LogP contribution in [-0.2, 0) is 6.42 Å². The van der Waals surface area contributed by atoms with Crippen molar-refractivity contribution < 1.29 is 15.0 Å². The standard InChI is InChI=1S/C21H21N3O3/c1-2-13-7-9-14(10-8-13)20-17-18(15-5-3-4-6-16(15)26)22-23-19(17)21(27)24(20)11-12-25/h3-10,20,25-26H,2,11-12H2,1H3,(H,22,23)/t20-/m1/s1. The van der Waals surface area contributed by atoms with Gasteiger partial charge < -0.3 is 15.1 Å². The van der Waals surface area contributed by atoms with E-state index in [9.17, 15) is 15.0 Å². The van der Waals surface area contributed by atoms with Crippen molar-refractivity contribution in [2.24, 2.45) is 0 Å². The van der Waals surface area contributed by atoms with Crippen LogP contribution in [0, 0.1) is 0 Å². The number of aromatic nitrogens is 2. The molecule has 0 fully saturated rings. The van der Waals surface area contributed by atoms with Gasteiger partial charge in [-0.15, -0.1) is 0 Å². The van der Waals surface area contributed by atoms with Crippen molar-refractivity contribution in [3.05, 3.63) is 70.9 Å². The SMILES string of the molecule is CCc1ccc([C@@H]2c3c(-c4ccccc4O)n[nH]c3C(=O)N2CCO)cc1. The van der Waals surface area contributed by atoms with Crippen molar-refractivity contribution in [1.82, 2.24) is 15.1 Å². The fourth-order valence-corrected chi connectivity index (χ4v) is 3.70.